The van der Waals surface area contributed by atoms with Crippen molar-refractivity contribution in [2.24, 2.45) is 0 Å². The van der Waals surface area contributed by atoms with E-state index in [1.54, 1.807) is 25.1 Å². The highest BCUT2D eigenvalue weighted by atomic mass is 79.9. The van der Waals surface area contributed by atoms with E-state index in [-0.39, 0.29) is 5.78 Å². The largest absolute Gasteiger partial charge is 0.462 e. The first kappa shape index (κ1) is 13.7. The minimum Gasteiger partial charge on any atom is -0.462 e. The van der Waals surface area contributed by atoms with Crippen LogP contribution in [-0.2, 0) is 9.53 Å². The fourth-order valence-electron chi connectivity index (χ4n) is 1.35. The van der Waals surface area contributed by atoms with E-state index in [4.69, 9.17) is 10.5 Å². The van der Waals surface area contributed by atoms with Crippen molar-refractivity contribution < 1.29 is 14.3 Å². The van der Waals surface area contributed by atoms with Crippen molar-refractivity contribution in [3.63, 3.8) is 0 Å². The van der Waals surface area contributed by atoms with Gasteiger partial charge in [0.05, 0.1) is 17.0 Å². The van der Waals surface area contributed by atoms with Crippen molar-refractivity contribution in [2.75, 3.05) is 12.3 Å². The zero-order valence-electron chi connectivity index (χ0n) is 9.70. The van der Waals surface area contributed by atoms with Crippen LogP contribution < -0.4 is 5.73 Å². The average Bonchev–Trinajstić information content (AvgIpc) is 2.28. The third-order valence-electron chi connectivity index (χ3n) is 2.23. The molecule has 0 aliphatic heterocycles. The third kappa shape index (κ3) is 3.30. The van der Waals surface area contributed by atoms with Crippen LogP contribution >= 0.6 is 15.9 Å². The van der Waals surface area contributed by atoms with Gasteiger partial charge < -0.3 is 10.5 Å². The Morgan fingerprint density at radius 2 is 2.12 bits per heavy atom. The van der Waals surface area contributed by atoms with Gasteiger partial charge in [0.15, 0.2) is 0 Å². The predicted molar refractivity (Wildman–Crippen MR) is 69.2 cm³/mol. The number of halogens is 1. The Labute approximate surface area is 108 Å². The Hall–Kier alpha value is -1.36. The van der Waals surface area contributed by atoms with Crippen molar-refractivity contribution in [1.29, 1.82) is 0 Å². The van der Waals surface area contributed by atoms with Crippen molar-refractivity contribution in [3.8, 4) is 0 Å². The second-order valence-electron chi connectivity index (χ2n) is 3.54. The Morgan fingerprint density at radius 3 is 2.65 bits per heavy atom. The number of ether oxygens (including phenoxy) is 1. The smallest absolute Gasteiger partial charge is 0.338 e. The molecule has 1 rings (SSSR count). The molecule has 2 N–H and O–H groups in total. The van der Waals surface area contributed by atoms with Gasteiger partial charge in [-0.3, -0.25) is 4.79 Å². The highest BCUT2D eigenvalue weighted by Crippen LogP contribution is 2.29. The molecule has 0 heterocycles. The molecule has 1 aromatic rings. The van der Waals surface area contributed by atoms with Gasteiger partial charge in [-0.1, -0.05) is 15.9 Å². The molecule has 0 bridgehead atoms. The lowest BCUT2D eigenvalue weighted by atomic mass is 10.0. The van der Waals surface area contributed by atoms with E-state index in [1.807, 2.05) is 0 Å². The Balaban J connectivity index is 3.10. The fraction of sp³-hybridized carbons (Fsp3) is 0.333. The van der Waals surface area contributed by atoms with Gasteiger partial charge in [-0.2, -0.15) is 0 Å². The number of Topliss-reactive ketones (excluding diaryl/α,β-unsaturated/α-hetero) is 1. The van der Waals surface area contributed by atoms with Crippen LogP contribution in [0.1, 0.15) is 34.6 Å². The van der Waals surface area contributed by atoms with Crippen LogP contribution in [0.3, 0.4) is 0 Å². The number of rotatable bonds is 4. The number of carbonyl (C=O) groups excluding carboxylic acids is 2. The highest BCUT2D eigenvalue weighted by molar-refractivity contribution is 9.09. The topological polar surface area (TPSA) is 69.4 Å². The number of alkyl halides is 1. The quantitative estimate of drug-likeness (QED) is 0.527. The summed E-state index contributed by atoms with van der Waals surface area (Å²) in [5.74, 6) is -0.491. The summed E-state index contributed by atoms with van der Waals surface area (Å²) in [6.45, 7) is 3.50. The molecule has 0 spiro atoms. The van der Waals surface area contributed by atoms with E-state index in [9.17, 15) is 9.59 Å². The lowest BCUT2D eigenvalue weighted by Crippen LogP contribution is -2.09. The monoisotopic (exact) mass is 299 g/mol. The summed E-state index contributed by atoms with van der Waals surface area (Å²) in [5, 5.41) is 0. The average molecular weight is 300 g/mol. The Kier molecular flexibility index (Phi) is 4.69. The lowest BCUT2D eigenvalue weighted by molar-refractivity contribution is -0.116. The minimum absolute atomic E-state index is 0.0716. The summed E-state index contributed by atoms with van der Waals surface area (Å²) >= 11 is 3.24. The van der Waals surface area contributed by atoms with Crippen LogP contribution in [0.5, 0.6) is 0 Å². The second kappa shape index (κ2) is 5.82. The summed E-state index contributed by atoms with van der Waals surface area (Å²) in [4.78, 5) is 22.3. The van der Waals surface area contributed by atoms with Gasteiger partial charge in [-0.15, -0.1) is 0 Å². The lowest BCUT2D eigenvalue weighted by Gasteiger charge is -2.11. The van der Waals surface area contributed by atoms with E-state index in [1.165, 1.54) is 6.92 Å². The van der Waals surface area contributed by atoms with E-state index >= 15 is 0 Å². The highest BCUT2D eigenvalue weighted by Gasteiger charge is 2.18. The van der Waals surface area contributed by atoms with Gasteiger partial charge in [-0.05, 0) is 37.6 Å². The predicted octanol–water partition coefficient (Wildman–Crippen LogP) is 2.47. The SMILES string of the molecule is CCOC(=O)c1ccc(N)c(C(Br)C(C)=O)c1. The van der Waals surface area contributed by atoms with Crippen molar-refractivity contribution in [2.45, 2.75) is 18.7 Å². The number of anilines is 1. The summed E-state index contributed by atoms with van der Waals surface area (Å²) in [6, 6.07) is 4.75. The number of carbonyl (C=O) groups is 2. The van der Waals surface area contributed by atoms with E-state index < -0.39 is 10.8 Å². The van der Waals surface area contributed by atoms with Crippen LogP contribution in [0.2, 0.25) is 0 Å². The van der Waals surface area contributed by atoms with Crippen molar-refractivity contribution >= 4 is 33.4 Å². The molecule has 0 amide bonds. The van der Waals surface area contributed by atoms with Crippen LogP contribution in [0.4, 0.5) is 5.69 Å². The summed E-state index contributed by atoms with van der Waals surface area (Å²) in [5.41, 5.74) is 7.21. The molecular weight excluding hydrogens is 286 g/mol. The van der Waals surface area contributed by atoms with Crippen LogP contribution in [0.15, 0.2) is 18.2 Å². The summed E-state index contributed by atoms with van der Waals surface area (Å²) in [7, 11) is 0. The number of hydrogen-bond acceptors (Lipinski definition) is 4. The molecule has 17 heavy (non-hydrogen) atoms. The first-order chi connectivity index (χ1) is 7.97. The molecule has 0 aromatic heterocycles. The van der Waals surface area contributed by atoms with Gasteiger partial charge in [0.1, 0.15) is 5.78 Å². The number of esters is 1. The number of hydrogen-bond donors (Lipinski definition) is 1. The molecule has 0 aliphatic carbocycles. The molecule has 0 fully saturated rings. The van der Waals surface area contributed by atoms with Gasteiger partial charge in [0.2, 0.25) is 0 Å². The van der Waals surface area contributed by atoms with Crippen LogP contribution in [0, 0.1) is 0 Å². The third-order valence-corrected chi connectivity index (χ3v) is 3.37. The molecule has 4 nitrogen and oxygen atoms in total. The normalized spacial score (nSPS) is 11.9. The van der Waals surface area contributed by atoms with Gasteiger partial charge in [0.25, 0.3) is 0 Å². The molecule has 0 saturated heterocycles. The van der Waals surface area contributed by atoms with E-state index in [0.29, 0.717) is 23.4 Å². The first-order valence-electron chi connectivity index (χ1n) is 5.18. The zero-order chi connectivity index (χ0) is 13.0. The standard InChI is InChI=1S/C12H14BrNO3/c1-3-17-12(16)8-4-5-10(14)9(6-8)11(13)7(2)15/h4-6,11H,3,14H2,1-2H3. The van der Waals surface area contributed by atoms with E-state index in [2.05, 4.69) is 15.9 Å². The Bertz CT molecular complexity index is 445. The molecule has 0 radical (unpaired) electrons. The fourth-order valence-corrected chi connectivity index (χ4v) is 1.75. The molecule has 1 aromatic carbocycles. The first-order valence-corrected chi connectivity index (χ1v) is 6.10. The second-order valence-corrected chi connectivity index (χ2v) is 4.45. The maximum Gasteiger partial charge on any atom is 0.338 e. The van der Waals surface area contributed by atoms with Crippen molar-refractivity contribution in [1.82, 2.24) is 0 Å². The molecular formula is C12H14BrNO3. The van der Waals surface area contributed by atoms with Crippen LogP contribution in [-0.4, -0.2) is 18.4 Å². The van der Waals surface area contributed by atoms with Gasteiger partial charge in [-0.25, -0.2) is 4.79 Å². The van der Waals surface area contributed by atoms with Gasteiger partial charge >= 0.3 is 5.97 Å². The minimum atomic E-state index is -0.503. The molecule has 1 unspecified atom stereocenters. The number of ketones is 1. The maximum atomic E-state index is 11.5. The van der Waals surface area contributed by atoms with Crippen molar-refractivity contribution in [3.05, 3.63) is 29.3 Å². The number of nitrogens with two attached hydrogens (primary N) is 1. The molecule has 5 heteroatoms. The molecule has 1 atom stereocenters. The maximum absolute atomic E-state index is 11.5. The van der Waals surface area contributed by atoms with E-state index in [0.717, 1.165) is 0 Å². The molecule has 0 saturated carbocycles. The molecule has 0 aliphatic rings. The number of nitrogen functional groups attached to an aromatic ring is 1. The Morgan fingerprint density at radius 1 is 1.47 bits per heavy atom. The van der Waals surface area contributed by atoms with Gasteiger partial charge in [0, 0.05) is 5.69 Å². The summed E-state index contributed by atoms with van der Waals surface area (Å²) < 4.78 is 4.88. The number of benzene rings is 1. The summed E-state index contributed by atoms with van der Waals surface area (Å²) in [6.07, 6.45) is 0. The zero-order valence-corrected chi connectivity index (χ0v) is 11.3. The molecule has 92 valence electrons. The van der Waals surface area contributed by atoms with Crippen LogP contribution in [0.25, 0.3) is 0 Å².